The van der Waals surface area contributed by atoms with E-state index in [1.165, 1.54) is 0 Å². The molecule has 0 fully saturated rings. The summed E-state index contributed by atoms with van der Waals surface area (Å²) in [5.41, 5.74) is 2.86. The first-order valence-corrected chi connectivity index (χ1v) is 9.58. The van der Waals surface area contributed by atoms with Crippen LogP contribution in [0.1, 0.15) is 21.5 Å². The topological polar surface area (TPSA) is 56.8 Å². The van der Waals surface area contributed by atoms with Crippen LogP contribution in [0.2, 0.25) is 0 Å². The first-order chi connectivity index (χ1) is 14.2. The fourth-order valence-corrected chi connectivity index (χ4v) is 3.43. The molecule has 0 radical (unpaired) electrons. The van der Waals surface area contributed by atoms with Gasteiger partial charge in [0.2, 0.25) is 6.79 Å². The third-order valence-corrected chi connectivity index (χ3v) is 4.93. The van der Waals surface area contributed by atoms with Crippen molar-refractivity contribution in [3.8, 4) is 17.2 Å². The molecule has 1 aliphatic heterocycles. The molecule has 3 aromatic carbocycles. The molecule has 1 heterocycles. The fourth-order valence-electron chi connectivity index (χ4n) is 3.43. The van der Waals surface area contributed by atoms with Crippen molar-refractivity contribution in [1.29, 1.82) is 0 Å². The van der Waals surface area contributed by atoms with Crippen molar-refractivity contribution in [2.45, 2.75) is 18.9 Å². The van der Waals surface area contributed by atoms with E-state index in [2.05, 4.69) is 5.32 Å². The van der Waals surface area contributed by atoms with Crippen molar-refractivity contribution in [2.24, 2.45) is 0 Å². The summed E-state index contributed by atoms with van der Waals surface area (Å²) >= 11 is 0. The third-order valence-electron chi connectivity index (χ3n) is 4.93. The number of methoxy groups -OCH3 is 1. The second kappa shape index (κ2) is 8.69. The first kappa shape index (κ1) is 18.9. The van der Waals surface area contributed by atoms with Crippen LogP contribution < -0.4 is 19.5 Å². The molecule has 0 unspecified atom stereocenters. The highest BCUT2D eigenvalue weighted by molar-refractivity contribution is 5.94. The van der Waals surface area contributed by atoms with Crippen LogP contribution in [0, 0.1) is 0 Å². The van der Waals surface area contributed by atoms with Crippen molar-refractivity contribution in [3.63, 3.8) is 0 Å². The molecule has 148 valence electrons. The summed E-state index contributed by atoms with van der Waals surface area (Å²) in [6.45, 7) is 0.249. The highest BCUT2D eigenvalue weighted by Gasteiger charge is 2.18. The Morgan fingerprint density at radius 2 is 1.62 bits per heavy atom. The van der Waals surface area contributed by atoms with Crippen molar-refractivity contribution >= 4 is 5.91 Å². The predicted molar refractivity (Wildman–Crippen MR) is 111 cm³/mol. The van der Waals surface area contributed by atoms with Crippen LogP contribution in [0.25, 0.3) is 0 Å². The number of ether oxygens (including phenoxy) is 3. The molecule has 1 N–H and O–H groups in total. The number of benzene rings is 3. The molecule has 5 heteroatoms. The van der Waals surface area contributed by atoms with Gasteiger partial charge in [-0.15, -0.1) is 0 Å². The minimum absolute atomic E-state index is 0.0727. The zero-order valence-corrected chi connectivity index (χ0v) is 16.3. The fraction of sp³-hybridized carbons (Fsp3) is 0.208. The number of hydrogen-bond acceptors (Lipinski definition) is 4. The molecule has 0 aromatic heterocycles. The SMILES string of the molecule is COc1ccc(C[C@H](Cc2ccc3c(c2)OCO3)NC(=O)c2ccccc2)cc1. The van der Waals surface area contributed by atoms with Crippen LogP contribution in [0.5, 0.6) is 17.2 Å². The average Bonchev–Trinajstić information content (AvgIpc) is 3.23. The Bertz CT molecular complexity index is 970. The van der Waals surface area contributed by atoms with E-state index in [1.807, 2.05) is 72.8 Å². The maximum Gasteiger partial charge on any atom is 0.251 e. The van der Waals surface area contributed by atoms with E-state index in [1.54, 1.807) is 7.11 Å². The largest absolute Gasteiger partial charge is 0.497 e. The van der Waals surface area contributed by atoms with E-state index < -0.39 is 0 Å². The number of fused-ring (bicyclic) bond motifs is 1. The smallest absolute Gasteiger partial charge is 0.251 e. The Morgan fingerprint density at radius 1 is 0.931 bits per heavy atom. The standard InChI is InChI=1S/C24H23NO4/c1-27-21-10-7-17(8-11-21)13-20(25-24(26)19-5-3-2-4-6-19)14-18-9-12-22-23(15-18)29-16-28-22/h2-12,15,20H,13-14,16H2,1H3,(H,25,26)/t20-/m1/s1. The normalized spacial score (nSPS) is 13.0. The molecule has 3 aromatic rings. The van der Waals surface area contributed by atoms with Gasteiger partial charge in [0, 0.05) is 11.6 Å². The van der Waals surface area contributed by atoms with Crippen molar-refractivity contribution in [1.82, 2.24) is 5.32 Å². The molecule has 1 amide bonds. The molecule has 0 saturated carbocycles. The molecule has 0 bridgehead atoms. The summed E-state index contributed by atoms with van der Waals surface area (Å²) in [6.07, 6.45) is 1.39. The lowest BCUT2D eigenvalue weighted by atomic mass is 9.98. The van der Waals surface area contributed by atoms with Gasteiger partial charge in [-0.05, 0) is 60.4 Å². The van der Waals surface area contributed by atoms with E-state index in [-0.39, 0.29) is 18.7 Å². The van der Waals surface area contributed by atoms with E-state index in [0.29, 0.717) is 18.4 Å². The van der Waals surface area contributed by atoms with Crippen LogP contribution in [-0.2, 0) is 12.8 Å². The lowest BCUT2D eigenvalue weighted by molar-refractivity contribution is 0.0936. The van der Waals surface area contributed by atoms with Gasteiger partial charge in [-0.3, -0.25) is 4.79 Å². The van der Waals surface area contributed by atoms with Crippen LogP contribution in [0.4, 0.5) is 0 Å². The van der Waals surface area contributed by atoms with E-state index in [9.17, 15) is 4.79 Å². The van der Waals surface area contributed by atoms with Gasteiger partial charge in [0.1, 0.15) is 5.75 Å². The van der Waals surface area contributed by atoms with Gasteiger partial charge < -0.3 is 19.5 Å². The zero-order chi connectivity index (χ0) is 20.1. The maximum atomic E-state index is 12.7. The second-order valence-electron chi connectivity index (χ2n) is 6.98. The number of hydrogen-bond donors (Lipinski definition) is 1. The van der Waals surface area contributed by atoms with Gasteiger partial charge in [-0.25, -0.2) is 0 Å². The molecule has 0 aliphatic carbocycles. The Morgan fingerprint density at radius 3 is 2.38 bits per heavy atom. The monoisotopic (exact) mass is 389 g/mol. The molecular formula is C24H23NO4. The predicted octanol–water partition coefficient (Wildman–Crippen LogP) is 4.01. The highest BCUT2D eigenvalue weighted by Crippen LogP contribution is 2.33. The zero-order valence-electron chi connectivity index (χ0n) is 16.3. The van der Waals surface area contributed by atoms with E-state index in [0.717, 1.165) is 28.4 Å². The number of nitrogens with one attached hydrogen (secondary N) is 1. The summed E-state index contributed by atoms with van der Waals surface area (Å²) in [5, 5.41) is 3.18. The van der Waals surface area contributed by atoms with Gasteiger partial charge in [0.05, 0.1) is 7.11 Å². The molecule has 29 heavy (non-hydrogen) atoms. The van der Waals surface area contributed by atoms with Crippen molar-refractivity contribution < 1.29 is 19.0 Å². The number of carbonyl (C=O) groups excluding carboxylic acids is 1. The van der Waals surface area contributed by atoms with Crippen LogP contribution >= 0.6 is 0 Å². The van der Waals surface area contributed by atoms with Gasteiger partial charge >= 0.3 is 0 Å². The minimum atomic E-state index is -0.0788. The first-order valence-electron chi connectivity index (χ1n) is 9.58. The van der Waals surface area contributed by atoms with Crippen LogP contribution in [-0.4, -0.2) is 25.9 Å². The summed E-state index contributed by atoms with van der Waals surface area (Å²) in [7, 11) is 1.65. The quantitative estimate of drug-likeness (QED) is 0.663. The Hall–Kier alpha value is -3.47. The van der Waals surface area contributed by atoms with Gasteiger partial charge in [-0.2, -0.15) is 0 Å². The number of rotatable bonds is 7. The van der Waals surface area contributed by atoms with Gasteiger partial charge in [0.15, 0.2) is 11.5 Å². The molecule has 1 atom stereocenters. The van der Waals surface area contributed by atoms with E-state index >= 15 is 0 Å². The summed E-state index contributed by atoms with van der Waals surface area (Å²) in [4.78, 5) is 12.7. The highest BCUT2D eigenvalue weighted by atomic mass is 16.7. The average molecular weight is 389 g/mol. The maximum absolute atomic E-state index is 12.7. The number of amides is 1. The van der Waals surface area contributed by atoms with Gasteiger partial charge in [0.25, 0.3) is 5.91 Å². The van der Waals surface area contributed by atoms with Crippen LogP contribution in [0.3, 0.4) is 0 Å². The molecule has 1 aliphatic rings. The second-order valence-corrected chi connectivity index (χ2v) is 6.98. The summed E-state index contributed by atoms with van der Waals surface area (Å²) in [5.74, 6) is 2.24. The van der Waals surface area contributed by atoms with E-state index in [4.69, 9.17) is 14.2 Å². The lowest BCUT2D eigenvalue weighted by Gasteiger charge is -2.20. The molecule has 5 nitrogen and oxygen atoms in total. The Labute approximate surface area is 170 Å². The Balaban J connectivity index is 1.53. The summed E-state index contributed by atoms with van der Waals surface area (Å²) in [6, 6.07) is 23.0. The minimum Gasteiger partial charge on any atom is -0.497 e. The molecular weight excluding hydrogens is 366 g/mol. The molecule has 0 saturated heterocycles. The molecule has 0 spiro atoms. The van der Waals surface area contributed by atoms with Crippen molar-refractivity contribution in [2.75, 3.05) is 13.9 Å². The lowest BCUT2D eigenvalue weighted by Crippen LogP contribution is -2.38. The van der Waals surface area contributed by atoms with Crippen LogP contribution in [0.15, 0.2) is 72.8 Å². The number of carbonyl (C=O) groups is 1. The van der Waals surface area contributed by atoms with Crippen molar-refractivity contribution in [3.05, 3.63) is 89.5 Å². The van der Waals surface area contributed by atoms with Gasteiger partial charge in [-0.1, -0.05) is 36.4 Å². The Kier molecular flexibility index (Phi) is 5.66. The summed E-state index contributed by atoms with van der Waals surface area (Å²) < 4.78 is 16.1. The third kappa shape index (κ3) is 4.69. The molecule has 4 rings (SSSR count).